The van der Waals surface area contributed by atoms with E-state index >= 15 is 0 Å². The minimum absolute atomic E-state index is 0.224. The SMILES string of the molecule is Cc1ccc(C(=O)Nc2cc(-n3cncn3)ncn2)cc1. The molecular weight excluding hydrogens is 268 g/mol. The number of rotatable bonds is 3. The van der Waals surface area contributed by atoms with Gasteiger partial charge in [0.15, 0.2) is 5.82 Å². The lowest BCUT2D eigenvalue weighted by atomic mass is 10.1. The van der Waals surface area contributed by atoms with Crippen LogP contribution in [0.5, 0.6) is 0 Å². The van der Waals surface area contributed by atoms with Crippen molar-refractivity contribution in [2.75, 3.05) is 5.32 Å². The number of benzene rings is 1. The first kappa shape index (κ1) is 12.9. The van der Waals surface area contributed by atoms with Crippen molar-refractivity contribution in [3.63, 3.8) is 0 Å². The van der Waals surface area contributed by atoms with Crippen molar-refractivity contribution in [2.24, 2.45) is 0 Å². The third-order valence-corrected chi connectivity index (χ3v) is 2.86. The summed E-state index contributed by atoms with van der Waals surface area (Å²) in [7, 11) is 0. The molecule has 0 spiro atoms. The van der Waals surface area contributed by atoms with Gasteiger partial charge in [0.05, 0.1) is 0 Å². The number of carbonyl (C=O) groups is 1. The molecule has 0 saturated heterocycles. The van der Waals surface area contributed by atoms with Crippen LogP contribution in [0.15, 0.2) is 49.3 Å². The first-order valence-electron chi connectivity index (χ1n) is 6.27. The Bertz CT molecular complexity index is 751. The molecule has 7 nitrogen and oxygen atoms in total. The highest BCUT2D eigenvalue weighted by molar-refractivity contribution is 6.03. The van der Waals surface area contributed by atoms with Gasteiger partial charge in [0.25, 0.3) is 5.91 Å². The lowest BCUT2D eigenvalue weighted by Gasteiger charge is -2.06. The van der Waals surface area contributed by atoms with Gasteiger partial charge in [-0.15, -0.1) is 0 Å². The highest BCUT2D eigenvalue weighted by atomic mass is 16.1. The number of hydrogen-bond acceptors (Lipinski definition) is 5. The number of anilines is 1. The summed E-state index contributed by atoms with van der Waals surface area (Å²) in [6.45, 7) is 1.97. The Balaban J connectivity index is 1.80. The van der Waals surface area contributed by atoms with Gasteiger partial charge < -0.3 is 5.32 Å². The van der Waals surface area contributed by atoms with E-state index in [1.807, 2.05) is 19.1 Å². The lowest BCUT2D eigenvalue weighted by Crippen LogP contribution is -2.13. The van der Waals surface area contributed by atoms with Gasteiger partial charge in [-0.3, -0.25) is 4.79 Å². The standard InChI is InChI=1S/C14H12N6O/c1-10-2-4-11(5-3-10)14(21)19-12-6-13(17-8-16-12)20-9-15-7-18-20/h2-9H,1H3,(H,16,17,19,21). The highest BCUT2D eigenvalue weighted by Crippen LogP contribution is 2.10. The van der Waals surface area contributed by atoms with E-state index in [9.17, 15) is 4.79 Å². The van der Waals surface area contributed by atoms with Crippen LogP contribution in [0.25, 0.3) is 5.82 Å². The molecule has 2 aromatic heterocycles. The Labute approximate surface area is 120 Å². The van der Waals surface area contributed by atoms with Crippen LogP contribution in [-0.4, -0.2) is 30.6 Å². The summed E-state index contributed by atoms with van der Waals surface area (Å²) in [5, 5.41) is 6.71. The van der Waals surface area contributed by atoms with Crippen molar-refractivity contribution in [3.05, 3.63) is 60.4 Å². The zero-order valence-electron chi connectivity index (χ0n) is 11.3. The second kappa shape index (κ2) is 5.49. The number of nitrogens with one attached hydrogen (secondary N) is 1. The van der Waals surface area contributed by atoms with Crippen LogP contribution in [0, 0.1) is 6.92 Å². The molecule has 3 aromatic rings. The summed E-state index contributed by atoms with van der Waals surface area (Å²) in [6, 6.07) is 8.93. The fraction of sp³-hybridized carbons (Fsp3) is 0.0714. The smallest absolute Gasteiger partial charge is 0.256 e. The highest BCUT2D eigenvalue weighted by Gasteiger charge is 2.08. The zero-order valence-corrected chi connectivity index (χ0v) is 11.3. The second-order valence-corrected chi connectivity index (χ2v) is 4.42. The molecule has 0 bridgehead atoms. The van der Waals surface area contributed by atoms with Gasteiger partial charge >= 0.3 is 0 Å². The van der Waals surface area contributed by atoms with Crippen LogP contribution in [0.3, 0.4) is 0 Å². The third kappa shape index (κ3) is 2.92. The van der Waals surface area contributed by atoms with Gasteiger partial charge in [0, 0.05) is 11.6 Å². The Morgan fingerprint density at radius 1 is 1.14 bits per heavy atom. The van der Waals surface area contributed by atoms with E-state index < -0.39 is 0 Å². The molecule has 104 valence electrons. The molecule has 3 rings (SSSR count). The van der Waals surface area contributed by atoms with Crippen LogP contribution in [0.2, 0.25) is 0 Å². The van der Waals surface area contributed by atoms with E-state index in [1.165, 1.54) is 23.7 Å². The number of nitrogens with zero attached hydrogens (tertiary/aromatic N) is 5. The fourth-order valence-electron chi connectivity index (χ4n) is 1.76. The van der Waals surface area contributed by atoms with Gasteiger partial charge in [0.1, 0.15) is 24.8 Å². The van der Waals surface area contributed by atoms with Gasteiger partial charge in [-0.25, -0.2) is 19.6 Å². The molecule has 0 atom stereocenters. The summed E-state index contributed by atoms with van der Waals surface area (Å²) in [4.78, 5) is 24.1. The second-order valence-electron chi connectivity index (χ2n) is 4.42. The number of hydrogen-bond donors (Lipinski definition) is 1. The topological polar surface area (TPSA) is 85.6 Å². The molecule has 21 heavy (non-hydrogen) atoms. The Kier molecular flexibility index (Phi) is 3.38. The minimum Gasteiger partial charge on any atom is -0.306 e. The van der Waals surface area contributed by atoms with Crippen molar-refractivity contribution in [3.8, 4) is 5.82 Å². The molecule has 7 heteroatoms. The number of carbonyl (C=O) groups excluding carboxylic acids is 1. The van der Waals surface area contributed by atoms with Gasteiger partial charge in [-0.1, -0.05) is 17.7 Å². The maximum absolute atomic E-state index is 12.1. The molecule has 0 saturated carbocycles. The van der Waals surface area contributed by atoms with Gasteiger partial charge in [-0.05, 0) is 19.1 Å². The first-order chi connectivity index (χ1) is 10.2. The van der Waals surface area contributed by atoms with E-state index in [0.717, 1.165) is 5.56 Å². The number of aryl methyl sites for hydroxylation is 1. The minimum atomic E-state index is -0.224. The third-order valence-electron chi connectivity index (χ3n) is 2.86. The number of aromatic nitrogens is 5. The molecule has 1 N–H and O–H groups in total. The van der Waals surface area contributed by atoms with Crippen LogP contribution >= 0.6 is 0 Å². The predicted octanol–water partition coefficient (Wildman–Crippen LogP) is 1.62. The van der Waals surface area contributed by atoms with Crippen molar-refractivity contribution >= 4 is 11.7 Å². The molecule has 2 heterocycles. The molecule has 0 aliphatic carbocycles. The Morgan fingerprint density at radius 2 is 1.95 bits per heavy atom. The molecular formula is C14H12N6O. The number of amides is 1. The first-order valence-corrected chi connectivity index (χ1v) is 6.27. The van der Waals surface area contributed by atoms with E-state index in [2.05, 4.69) is 25.4 Å². The van der Waals surface area contributed by atoms with Crippen molar-refractivity contribution in [1.29, 1.82) is 0 Å². The van der Waals surface area contributed by atoms with E-state index in [-0.39, 0.29) is 5.91 Å². The van der Waals surface area contributed by atoms with Gasteiger partial charge in [-0.2, -0.15) is 5.10 Å². The quantitative estimate of drug-likeness (QED) is 0.788. The average Bonchev–Trinajstić information content (AvgIpc) is 3.02. The van der Waals surface area contributed by atoms with Crippen LogP contribution in [0.1, 0.15) is 15.9 Å². The van der Waals surface area contributed by atoms with Crippen LogP contribution in [0.4, 0.5) is 5.82 Å². The Morgan fingerprint density at radius 3 is 2.67 bits per heavy atom. The molecule has 0 radical (unpaired) electrons. The predicted molar refractivity (Wildman–Crippen MR) is 76.1 cm³/mol. The summed E-state index contributed by atoms with van der Waals surface area (Å²) >= 11 is 0. The van der Waals surface area contributed by atoms with E-state index in [1.54, 1.807) is 18.2 Å². The lowest BCUT2D eigenvalue weighted by molar-refractivity contribution is 0.102. The molecule has 0 aliphatic rings. The molecule has 0 fully saturated rings. The monoisotopic (exact) mass is 280 g/mol. The molecule has 1 aromatic carbocycles. The van der Waals surface area contributed by atoms with Crippen molar-refractivity contribution in [1.82, 2.24) is 24.7 Å². The zero-order chi connectivity index (χ0) is 14.7. The maximum atomic E-state index is 12.1. The average molecular weight is 280 g/mol. The molecule has 0 aliphatic heterocycles. The van der Waals surface area contributed by atoms with E-state index in [4.69, 9.17) is 0 Å². The van der Waals surface area contributed by atoms with Crippen molar-refractivity contribution < 1.29 is 4.79 Å². The van der Waals surface area contributed by atoms with Gasteiger partial charge in [0.2, 0.25) is 0 Å². The summed E-state index contributed by atoms with van der Waals surface area (Å²) in [5.41, 5.74) is 1.67. The summed E-state index contributed by atoms with van der Waals surface area (Å²) in [5.74, 6) is 0.709. The Hall–Kier alpha value is -3.09. The largest absolute Gasteiger partial charge is 0.306 e. The molecule has 0 unspecified atom stereocenters. The van der Waals surface area contributed by atoms with Crippen molar-refractivity contribution in [2.45, 2.75) is 6.92 Å². The fourth-order valence-corrected chi connectivity index (χ4v) is 1.76. The maximum Gasteiger partial charge on any atom is 0.256 e. The van der Waals surface area contributed by atoms with E-state index in [0.29, 0.717) is 17.2 Å². The normalized spacial score (nSPS) is 10.3. The van der Waals surface area contributed by atoms with Crippen LogP contribution < -0.4 is 5.32 Å². The van der Waals surface area contributed by atoms with Crippen LogP contribution in [-0.2, 0) is 0 Å². The summed E-state index contributed by atoms with van der Waals surface area (Å²) < 4.78 is 1.49. The molecule has 1 amide bonds. The summed E-state index contributed by atoms with van der Waals surface area (Å²) in [6.07, 6.45) is 4.29.